The van der Waals surface area contributed by atoms with Crippen LogP contribution in [0.1, 0.15) is 48.3 Å². The number of thiophene rings is 1. The molecule has 1 fully saturated rings. The zero-order valence-electron chi connectivity index (χ0n) is 12.7. The van der Waals surface area contributed by atoms with Crippen molar-refractivity contribution in [3.63, 3.8) is 0 Å². The molecule has 0 spiro atoms. The van der Waals surface area contributed by atoms with E-state index in [-0.39, 0.29) is 5.97 Å². The van der Waals surface area contributed by atoms with Crippen LogP contribution in [0.3, 0.4) is 0 Å². The van der Waals surface area contributed by atoms with Crippen LogP contribution in [0.15, 0.2) is 12.1 Å². The van der Waals surface area contributed by atoms with Crippen LogP contribution in [-0.4, -0.2) is 30.3 Å². The average Bonchev–Trinajstić information content (AvgIpc) is 2.78. The van der Waals surface area contributed by atoms with Crippen molar-refractivity contribution < 1.29 is 14.6 Å². The number of aliphatic hydroxyl groups is 1. The van der Waals surface area contributed by atoms with Gasteiger partial charge in [-0.05, 0) is 25.0 Å². The molecule has 0 amide bonds. The van der Waals surface area contributed by atoms with Crippen molar-refractivity contribution in [2.45, 2.75) is 57.1 Å². The van der Waals surface area contributed by atoms with Crippen molar-refractivity contribution in [2.75, 3.05) is 13.7 Å². The van der Waals surface area contributed by atoms with Crippen LogP contribution in [0.25, 0.3) is 0 Å². The molecule has 5 heteroatoms. The SMILES string of the molecule is COC(=O)Cc1ccc(CNCC2(O)CCCCCC2)s1. The minimum absolute atomic E-state index is 0.205. The number of nitrogens with one attached hydrogen (secondary N) is 1. The summed E-state index contributed by atoms with van der Waals surface area (Å²) in [5.74, 6) is -0.205. The molecule has 2 rings (SSSR count). The number of carbonyl (C=O) groups excluding carboxylic acids is 1. The van der Waals surface area contributed by atoms with Crippen LogP contribution in [0.2, 0.25) is 0 Å². The Kier molecular flexibility index (Phi) is 6.21. The van der Waals surface area contributed by atoms with E-state index < -0.39 is 5.60 Å². The number of hydrogen-bond acceptors (Lipinski definition) is 5. The van der Waals surface area contributed by atoms with Gasteiger partial charge in [-0.25, -0.2) is 0 Å². The van der Waals surface area contributed by atoms with Crippen LogP contribution in [0.5, 0.6) is 0 Å². The Hall–Kier alpha value is -0.910. The first-order chi connectivity index (χ1) is 10.1. The van der Waals surface area contributed by atoms with Gasteiger partial charge in [-0.15, -0.1) is 11.3 Å². The van der Waals surface area contributed by atoms with Gasteiger partial charge in [0.2, 0.25) is 0 Å². The molecule has 1 aliphatic rings. The van der Waals surface area contributed by atoms with Gasteiger partial charge in [0.05, 0.1) is 19.1 Å². The highest BCUT2D eigenvalue weighted by atomic mass is 32.1. The average molecular weight is 311 g/mol. The molecule has 0 aromatic carbocycles. The topological polar surface area (TPSA) is 58.6 Å². The Balaban J connectivity index is 1.76. The third-order valence-electron chi connectivity index (χ3n) is 4.05. The van der Waals surface area contributed by atoms with Gasteiger partial charge in [0.15, 0.2) is 0 Å². The molecule has 1 aromatic heterocycles. The van der Waals surface area contributed by atoms with Crippen molar-refractivity contribution in [2.24, 2.45) is 0 Å². The normalized spacial score (nSPS) is 18.2. The summed E-state index contributed by atoms with van der Waals surface area (Å²) >= 11 is 1.62. The Morgan fingerprint density at radius 2 is 1.95 bits per heavy atom. The Bertz CT molecular complexity index is 450. The maximum atomic E-state index is 11.2. The Morgan fingerprint density at radius 3 is 2.62 bits per heavy atom. The molecule has 0 atom stereocenters. The lowest BCUT2D eigenvalue weighted by Gasteiger charge is -2.26. The number of esters is 1. The van der Waals surface area contributed by atoms with Crippen molar-refractivity contribution in [1.29, 1.82) is 0 Å². The number of rotatable bonds is 6. The molecule has 4 nitrogen and oxygen atoms in total. The van der Waals surface area contributed by atoms with Crippen molar-refractivity contribution in [1.82, 2.24) is 5.32 Å². The fourth-order valence-electron chi connectivity index (χ4n) is 2.81. The van der Waals surface area contributed by atoms with E-state index in [1.165, 1.54) is 24.8 Å². The number of ether oxygens (including phenoxy) is 1. The maximum Gasteiger partial charge on any atom is 0.310 e. The predicted molar refractivity (Wildman–Crippen MR) is 84.4 cm³/mol. The van der Waals surface area contributed by atoms with E-state index in [9.17, 15) is 9.90 Å². The summed E-state index contributed by atoms with van der Waals surface area (Å²) in [6.07, 6.45) is 6.87. The van der Waals surface area contributed by atoms with Gasteiger partial charge in [0, 0.05) is 22.8 Å². The summed E-state index contributed by atoms with van der Waals surface area (Å²) in [4.78, 5) is 13.4. The summed E-state index contributed by atoms with van der Waals surface area (Å²) < 4.78 is 4.67. The molecule has 1 saturated carbocycles. The summed E-state index contributed by atoms with van der Waals surface area (Å²) in [5, 5.41) is 13.9. The first-order valence-corrected chi connectivity index (χ1v) is 8.50. The Labute approximate surface area is 130 Å². The van der Waals surface area contributed by atoms with Gasteiger partial charge in [0.25, 0.3) is 0 Å². The molecule has 1 heterocycles. The molecule has 21 heavy (non-hydrogen) atoms. The van der Waals surface area contributed by atoms with E-state index >= 15 is 0 Å². The van der Waals surface area contributed by atoms with Gasteiger partial charge in [-0.3, -0.25) is 4.79 Å². The molecule has 1 aromatic rings. The third kappa shape index (κ3) is 5.41. The first-order valence-electron chi connectivity index (χ1n) is 7.69. The highest BCUT2D eigenvalue weighted by molar-refractivity contribution is 7.12. The van der Waals surface area contributed by atoms with Crippen molar-refractivity contribution in [3.8, 4) is 0 Å². The van der Waals surface area contributed by atoms with Crippen LogP contribution in [0.4, 0.5) is 0 Å². The van der Waals surface area contributed by atoms with Crippen LogP contribution < -0.4 is 5.32 Å². The second-order valence-corrected chi connectivity index (χ2v) is 7.12. The molecule has 2 N–H and O–H groups in total. The van der Waals surface area contributed by atoms with E-state index in [0.717, 1.165) is 37.1 Å². The zero-order chi connectivity index (χ0) is 15.1. The number of hydrogen-bond donors (Lipinski definition) is 2. The van der Waals surface area contributed by atoms with E-state index in [4.69, 9.17) is 0 Å². The molecule has 0 radical (unpaired) electrons. The molecule has 0 unspecified atom stereocenters. The van der Waals surface area contributed by atoms with E-state index in [1.54, 1.807) is 11.3 Å². The lowest BCUT2D eigenvalue weighted by molar-refractivity contribution is -0.139. The minimum Gasteiger partial charge on any atom is -0.469 e. The summed E-state index contributed by atoms with van der Waals surface area (Å²) in [6, 6.07) is 4.01. The smallest absolute Gasteiger partial charge is 0.310 e. The van der Waals surface area contributed by atoms with Crippen LogP contribution >= 0.6 is 11.3 Å². The van der Waals surface area contributed by atoms with Gasteiger partial charge < -0.3 is 15.2 Å². The monoisotopic (exact) mass is 311 g/mol. The fraction of sp³-hybridized carbons (Fsp3) is 0.688. The van der Waals surface area contributed by atoms with Gasteiger partial charge >= 0.3 is 5.97 Å². The summed E-state index contributed by atoms with van der Waals surface area (Å²) in [5.41, 5.74) is -0.539. The number of carbonyl (C=O) groups is 1. The second-order valence-electron chi connectivity index (χ2n) is 5.86. The molecule has 0 saturated heterocycles. The van der Waals surface area contributed by atoms with Gasteiger partial charge in [-0.2, -0.15) is 0 Å². The summed E-state index contributed by atoms with van der Waals surface area (Å²) in [6.45, 7) is 1.39. The summed E-state index contributed by atoms with van der Waals surface area (Å²) in [7, 11) is 1.41. The zero-order valence-corrected chi connectivity index (χ0v) is 13.5. The van der Waals surface area contributed by atoms with E-state index in [0.29, 0.717) is 13.0 Å². The third-order valence-corrected chi connectivity index (χ3v) is 5.14. The maximum absolute atomic E-state index is 11.2. The van der Waals surface area contributed by atoms with Crippen LogP contribution in [0, 0.1) is 0 Å². The molecule has 0 bridgehead atoms. The Morgan fingerprint density at radius 1 is 1.29 bits per heavy atom. The fourth-order valence-corrected chi connectivity index (χ4v) is 3.78. The van der Waals surface area contributed by atoms with E-state index in [2.05, 4.69) is 10.1 Å². The lowest BCUT2D eigenvalue weighted by atomic mass is 9.94. The van der Waals surface area contributed by atoms with Crippen molar-refractivity contribution >= 4 is 17.3 Å². The standard InChI is InChI=1S/C16H25NO3S/c1-20-15(18)10-13-6-7-14(21-13)11-17-12-16(19)8-4-2-3-5-9-16/h6-7,17,19H,2-5,8-12H2,1H3. The molecule has 0 aliphatic heterocycles. The lowest BCUT2D eigenvalue weighted by Crippen LogP contribution is -2.39. The van der Waals surface area contributed by atoms with E-state index in [1.807, 2.05) is 12.1 Å². The van der Waals surface area contributed by atoms with Crippen molar-refractivity contribution in [3.05, 3.63) is 21.9 Å². The minimum atomic E-state index is -0.539. The quantitative estimate of drug-likeness (QED) is 0.626. The molecular formula is C16H25NO3S. The largest absolute Gasteiger partial charge is 0.469 e. The number of methoxy groups -OCH3 is 1. The highest BCUT2D eigenvalue weighted by Crippen LogP contribution is 2.26. The van der Waals surface area contributed by atoms with Gasteiger partial charge in [-0.1, -0.05) is 25.7 Å². The second kappa shape index (κ2) is 7.92. The molecule has 118 valence electrons. The van der Waals surface area contributed by atoms with Crippen LogP contribution in [-0.2, 0) is 22.5 Å². The highest BCUT2D eigenvalue weighted by Gasteiger charge is 2.27. The first kappa shape index (κ1) is 16.5. The van der Waals surface area contributed by atoms with Gasteiger partial charge in [0.1, 0.15) is 0 Å². The molecule has 1 aliphatic carbocycles. The molecular weight excluding hydrogens is 286 g/mol. The predicted octanol–water partition coefficient (Wildman–Crippen LogP) is 2.64.